The van der Waals surface area contributed by atoms with Crippen LogP contribution in [0.15, 0.2) is 22.7 Å². The van der Waals surface area contributed by atoms with Gasteiger partial charge in [0.1, 0.15) is 11.1 Å². The van der Waals surface area contributed by atoms with E-state index in [0.717, 1.165) is 6.07 Å². The molecule has 22 heavy (non-hydrogen) atoms. The summed E-state index contributed by atoms with van der Waals surface area (Å²) in [4.78, 5) is 11.0. The molecule has 9 heteroatoms. The van der Waals surface area contributed by atoms with Crippen molar-refractivity contribution >= 4 is 31.9 Å². The molecule has 2 atom stereocenters. The lowest BCUT2D eigenvalue weighted by Crippen LogP contribution is -2.49. The fourth-order valence-electron chi connectivity index (χ4n) is 1.95. The molecule has 6 nitrogen and oxygen atoms in total. The summed E-state index contributed by atoms with van der Waals surface area (Å²) >= 11 is 3.13. The van der Waals surface area contributed by atoms with Gasteiger partial charge in [-0.25, -0.2) is 17.6 Å². The van der Waals surface area contributed by atoms with Crippen molar-refractivity contribution in [1.29, 1.82) is 5.26 Å². The second-order valence-electron chi connectivity index (χ2n) is 4.96. The van der Waals surface area contributed by atoms with E-state index in [9.17, 15) is 17.6 Å². The SMILES string of the molecule is CC(C#N)S(=O)(=O)C[C@](C)(NC(=O)O)c1cc(Br)ccc1F. The molecular weight excluding hydrogens is 379 g/mol. The van der Waals surface area contributed by atoms with E-state index in [2.05, 4.69) is 15.9 Å². The zero-order chi connectivity index (χ0) is 17.1. The zero-order valence-electron chi connectivity index (χ0n) is 11.8. The number of carboxylic acid groups (broad SMARTS) is 1. The normalized spacial score (nSPS) is 15.4. The summed E-state index contributed by atoms with van der Waals surface area (Å²) in [7, 11) is -3.96. The van der Waals surface area contributed by atoms with Gasteiger partial charge < -0.3 is 10.4 Å². The van der Waals surface area contributed by atoms with Gasteiger partial charge in [0.25, 0.3) is 0 Å². The highest BCUT2D eigenvalue weighted by Crippen LogP contribution is 2.29. The van der Waals surface area contributed by atoms with Crippen molar-refractivity contribution in [2.75, 3.05) is 5.75 Å². The van der Waals surface area contributed by atoms with Crippen molar-refractivity contribution in [3.8, 4) is 6.07 Å². The third-order valence-electron chi connectivity index (χ3n) is 3.12. The Kier molecular flexibility index (Phi) is 5.54. The monoisotopic (exact) mass is 392 g/mol. The van der Waals surface area contributed by atoms with Crippen molar-refractivity contribution in [3.63, 3.8) is 0 Å². The van der Waals surface area contributed by atoms with Gasteiger partial charge in [-0.2, -0.15) is 5.26 Å². The second kappa shape index (κ2) is 6.62. The smallest absolute Gasteiger partial charge is 0.405 e. The molecule has 0 aliphatic rings. The molecular formula is C13H14BrFN2O4S. The molecule has 1 aromatic carbocycles. The number of sulfone groups is 1. The molecule has 0 saturated carbocycles. The molecule has 1 rings (SSSR count). The molecule has 0 fully saturated rings. The molecule has 1 aromatic rings. The van der Waals surface area contributed by atoms with Crippen LogP contribution in [0.4, 0.5) is 9.18 Å². The predicted octanol–water partition coefficient (Wildman–Crippen LogP) is 2.40. The average molecular weight is 393 g/mol. The van der Waals surface area contributed by atoms with Crippen LogP contribution in [0.1, 0.15) is 19.4 Å². The van der Waals surface area contributed by atoms with Crippen molar-refractivity contribution in [1.82, 2.24) is 5.32 Å². The number of nitrogens with one attached hydrogen (secondary N) is 1. The van der Waals surface area contributed by atoms with Gasteiger partial charge in [-0.3, -0.25) is 0 Å². The largest absolute Gasteiger partial charge is 0.465 e. The van der Waals surface area contributed by atoms with E-state index in [1.807, 2.05) is 5.32 Å². The number of nitriles is 1. The molecule has 0 saturated heterocycles. The number of hydrogen-bond acceptors (Lipinski definition) is 4. The lowest BCUT2D eigenvalue weighted by molar-refractivity contribution is 0.182. The van der Waals surface area contributed by atoms with Crippen LogP contribution >= 0.6 is 15.9 Å². The van der Waals surface area contributed by atoms with Crippen LogP contribution in [0.2, 0.25) is 0 Å². The second-order valence-corrected chi connectivity index (χ2v) is 8.20. The van der Waals surface area contributed by atoms with Crippen LogP contribution < -0.4 is 5.32 Å². The Morgan fingerprint density at radius 1 is 1.59 bits per heavy atom. The fourth-order valence-corrected chi connectivity index (χ4v) is 3.75. The predicted molar refractivity (Wildman–Crippen MR) is 81.5 cm³/mol. The first-order valence-corrected chi connectivity index (χ1v) is 8.60. The van der Waals surface area contributed by atoms with Crippen LogP contribution in [-0.4, -0.2) is 30.6 Å². The molecule has 0 bridgehead atoms. The van der Waals surface area contributed by atoms with E-state index < -0.39 is 38.3 Å². The highest BCUT2D eigenvalue weighted by molar-refractivity contribution is 9.10. The average Bonchev–Trinajstić information content (AvgIpc) is 2.38. The van der Waals surface area contributed by atoms with Gasteiger partial charge >= 0.3 is 6.09 Å². The summed E-state index contributed by atoms with van der Waals surface area (Å²) in [6.45, 7) is 2.45. The third-order valence-corrected chi connectivity index (χ3v) is 5.77. The van der Waals surface area contributed by atoms with E-state index >= 15 is 0 Å². The van der Waals surface area contributed by atoms with Gasteiger partial charge in [0.2, 0.25) is 0 Å². The quantitative estimate of drug-likeness (QED) is 0.799. The molecule has 1 amide bonds. The number of carbonyl (C=O) groups is 1. The third kappa shape index (κ3) is 4.18. The van der Waals surface area contributed by atoms with Gasteiger partial charge in [-0.15, -0.1) is 0 Å². The van der Waals surface area contributed by atoms with Gasteiger partial charge in [0.15, 0.2) is 9.84 Å². The minimum Gasteiger partial charge on any atom is -0.465 e. The molecule has 120 valence electrons. The minimum absolute atomic E-state index is 0.127. The Morgan fingerprint density at radius 2 is 2.18 bits per heavy atom. The summed E-state index contributed by atoms with van der Waals surface area (Å²) in [6.07, 6.45) is -1.50. The highest BCUT2D eigenvalue weighted by Gasteiger charge is 2.38. The molecule has 0 aromatic heterocycles. The van der Waals surface area contributed by atoms with E-state index in [4.69, 9.17) is 10.4 Å². The molecule has 0 radical (unpaired) electrons. The number of amides is 1. The Morgan fingerprint density at radius 3 is 2.68 bits per heavy atom. The summed E-state index contributed by atoms with van der Waals surface area (Å²) < 4.78 is 38.8. The maximum atomic E-state index is 14.1. The molecule has 0 aliphatic carbocycles. The summed E-state index contributed by atoms with van der Waals surface area (Å²) in [5.41, 5.74) is -1.86. The first-order valence-electron chi connectivity index (χ1n) is 6.09. The topological polar surface area (TPSA) is 107 Å². The van der Waals surface area contributed by atoms with Crippen LogP contribution in [0.5, 0.6) is 0 Å². The van der Waals surface area contributed by atoms with Crippen molar-refractivity contribution < 1.29 is 22.7 Å². The van der Waals surface area contributed by atoms with Crippen LogP contribution in [0, 0.1) is 17.1 Å². The number of rotatable bonds is 5. The first kappa shape index (κ1) is 18.4. The summed E-state index contributed by atoms with van der Waals surface area (Å²) in [6, 6.07) is 5.40. The Labute approximate surface area is 136 Å². The number of halogens is 2. The molecule has 0 heterocycles. The summed E-state index contributed by atoms with van der Waals surface area (Å²) in [5.74, 6) is -1.49. The Hall–Kier alpha value is -1.66. The fraction of sp³-hybridized carbons (Fsp3) is 0.385. The van der Waals surface area contributed by atoms with E-state index in [1.54, 1.807) is 6.07 Å². The van der Waals surface area contributed by atoms with Gasteiger partial charge in [-0.05, 0) is 32.0 Å². The van der Waals surface area contributed by atoms with Gasteiger partial charge in [-0.1, -0.05) is 15.9 Å². The van der Waals surface area contributed by atoms with Gasteiger partial charge in [0.05, 0.1) is 17.4 Å². The lowest BCUT2D eigenvalue weighted by atomic mass is 9.93. The number of benzene rings is 1. The van der Waals surface area contributed by atoms with E-state index in [1.165, 1.54) is 26.0 Å². The standard InChI is InChI=1S/C13H14BrFN2O4S/c1-8(6-16)22(20,21)7-13(2,17-12(18)19)10-5-9(14)3-4-11(10)15/h3-5,8,17H,7H2,1-2H3,(H,18,19)/t8?,13-/m0/s1. The number of nitrogens with zero attached hydrogens (tertiary/aromatic N) is 1. The lowest BCUT2D eigenvalue weighted by Gasteiger charge is -2.30. The van der Waals surface area contributed by atoms with E-state index in [-0.39, 0.29) is 5.56 Å². The van der Waals surface area contributed by atoms with Crippen LogP contribution in [0.25, 0.3) is 0 Å². The highest BCUT2D eigenvalue weighted by atomic mass is 79.9. The number of hydrogen-bond donors (Lipinski definition) is 2. The Bertz CT molecular complexity index is 732. The maximum Gasteiger partial charge on any atom is 0.405 e. The van der Waals surface area contributed by atoms with Crippen LogP contribution in [-0.2, 0) is 15.4 Å². The van der Waals surface area contributed by atoms with Crippen molar-refractivity contribution in [3.05, 3.63) is 34.1 Å². The Balaban J connectivity index is 3.42. The molecule has 0 spiro atoms. The molecule has 2 N–H and O–H groups in total. The van der Waals surface area contributed by atoms with Crippen molar-refractivity contribution in [2.24, 2.45) is 0 Å². The van der Waals surface area contributed by atoms with Gasteiger partial charge in [0, 0.05) is 10.0 Å². The summed E-state index contributed by atoms with van der Waals surface area (Å²) in [5, 5.41) is 18.4. The maximum absolute atomic E-state index is 14.1. The van der Waals surface area contributed by atoms with E-state index in [0.29, 0.717) is 4.47 Å². The zero-order valence-corrected chi connectivity index (χ0v) is 14.2. The minimum atomic E-state index is -3.96. The van der Waals surface area contributed by atoms with Crippen LogP contribution in [0.3, 0.4) is 0 Å². The van der Waals surface area contributed by atoms with Crippen molar-refractivity contribution in [2.45, 2.75) is 24.6 Å². The molecule has 0 aliphatic heterocycles. The molecule has 1 unspecified atom stereocenters. The first-order chi connectivity index (χ1) is 10.0.